The zero-order valence-electron chi connectivity index (χ0n) is 4.51. The molecule has 0 unspecified atom stereocenters. The average Bonchev–Trinajstić information content (AvgIpc) is 1.21. The maximum absolute atomic E-state index is 9.53. The average molecular weight is 262 g/mol. The van der Waals surface area contributed by atoms with Gasteiger partial charge < -0.3 is 20.6 Å². The summed E-state index contributed by atoms with van der Waals surface area (Å²) in [5.74, 6) is 0. The van der Waals surface area contributed by atoms with Gasteiger partial charge in [0, 0.05) is 0 Å². The van der Waals surface area contributed by atoms with Crippen molar-refractivity contribution in [2.45, 2.75) is 0 Å². The second kappa shape index (κ2) is 12.9. The van der Waals surface area contributed by atoms with Crippen LogP contribution in [0, 0.1) is 0 Å². The van der Waals surface area contributed by atoms with Crippen LogP contribution in [0.4, 0.5) is 4.79 Å². The quantitative estimate of drug-likeness (QED) is 0.324. The Labute approximate surface area is 127 Å². The van der Waals surface area contributed by atoms with Crippen LogP contribution in [-0.2, 0) is 9.09 Å². The van der Waals surface area contributed by atoms with E-state index in [-0.39, 0.29) is 86.4 Å². The monoisotopic (exact) mass is 262 g/mol. The van der Waals surface area contributed by atoms with Gasteiger partial charge in [-0.2, -0.15) is 0 Å². The van der Waals surface area contributed by atoms with Gasteiger partial charge in [-0.25, -0.2) is 9.36 Å². The molecule has 0 aliphatic carbocycles. The molecule has 12 heavy (non-hydrogen) atoms. The summed E-state index contributed by atoms with van der Waals surface area (Å²) in [6, 6.07) is 0. The van der Waals surface area contributed by atoms with Crippen molar-refractivity contribution < 1.29 is 39.7 Å². The fourth-order valence-electron chi connectivity index (χ4n) is 0.102. The minimum absolute atomic E-state index is 0. The summed E-state index contributed by atoms with van der Waals surface area (Å²) >= 11 is 0. The Hall–Kier alpha value is 1.86. The fourth-order valence-corrected chi connectivity index (χ4v) is 0.305. The molecule has 0 amide bonds. The summed E-state index contributed by atoms with van der Waals surface area (Å²) in [7, 11) is -4.82. The number of hydrogen-bond donors (Lipinski definition) is 3. The molecule has 0 fully saturated rings. The molecule has 0 saturated carbocycles. The Balaban J connectivity index is -0.0000000408. The molecule has 0 aromatic heterocycles. The SMILES string of the molecule is O.O.O=C(O)OP(=O)(O)O.[CaH2].[CaH2]. The van der Waals surface area contributed by atoms with E-state index in [1.54, 1.807) is 0 Å². The maximum atomic E-state index is 9.53. The molecule has 11 heteroatoms. The predicted molar refractivity (Wildman–Crippen MR) is 45.5 cm³/mol. The van der Waals surface area contributed by atoms with Gasteiger partial charge in [0.05, 0.1) is 0 Å². The van der Waals surface area contributed by atoms with Gasteiger partial charge in [0.25, 0.3) is 0 Å². The molecule has 0 saturated heterocycles. The molecule has 72 valence electrons. The summed E-state index contributed by atoms with van der Waals surface area (Å²) in [4.78, 5) is 24.7. The van der Waals surface area contributed by atoms with Gasteiger partial charge in [-0.05, 0) is 0 Å². The Bertz CT molecular complexity index is 140. The van der Waals surface area contributed by atoms with Gasteiger partial charge in [0.2, 0.25) is 0 Å². The number of phosphoric acid groups is 1. The van der Waals surface area contributed by atoms with Crippen LogP contribution in [0.2, 0.25) is 0 Å². The van der Waals surface area contributed by atoms with Gasteiger partial charge in [-0.15, -0.1) is 0 Å². The fraction of sp³-hybridized carbons (Fsp3) is 0. The number of hydrogen-bond acceptors (Lipinski definition) is 3. The molecular weight excluding hydrogens is 251 g/mol. The molecule has 0 atom stereocenters. The molecule has 0 spiro atoms. The normalized spacial score (nSPS) is 7.17. The first-order chi connectivity index (χ1) is 3.42. The molecule has 0 aliphatic heterocycles. The van der Waals surface area contributed by atoms with Crippen LogP contribution in [0.1, 0.15) is 0 Å². The third kappa shape index (κ3) is 29.7. The molecule has 0 aliphatic rings. The van der Waals surface area contributed by atoms with Gasteiger partial charge in [-0.3, -0.25) is 9.79 Å². The van der Waals surface area contributed by atoms with E-state index in [0.717, 1.165) is 0 Å². The molecule has 7 N–H and O–H groups in total. The summed E-state index contributed by atoms with van der Waals surface area (Å²) in [6.07, 6.45) is -1.99. The van der Waals surface area contributed by atoms with E-state index >= 15 is 0 Å². The van der Waals surface area contributed by atoms with Crippen molar-refractivity contribution in [3.05, 3.63) is 0 Å². The van der Waals surface area contributed by atoms with Crippen LogP contribution in [0.15, 0.2) is 0 Å². The zero-order chi connectivity index (χ0) is 6.78. The van der Waals surface area contributed by atoms with E-state index in [0.29, 0.717) is 0 Å². The van der Waals surface area contributed by atoms with E-state index in [1.165, 1.54) is 0 Å². The molecule has 0 heterocycles. The summed E-state index contributed by atoms with van der Waals surface area (Å²) in [6.45, 7) is 0. The Kier molecular flexibility index (Phi) is 31.3. The van der Waals surface area contributed by atoms with E-state index in [1.807, 2.05) is 0 Å². The molecule has 0 aromatic carbocycles. The summed E-state index contributed by atoms with van der Waals surface area (Å²) in [5, 5.41) is 7.53. The van der Waals surface area contributed by atoms with Gasteiger partial charge in [0.1, 0.15) is 0 Å². The van der Waals surface area contributed by atoms with Crippen LogP contribution in [0.25, 0.3) is 0 Å². The van der Waals surface area contributed by atoms with E-state index in [4.69, 9.17) is 14.9 Å². The first-order valence-electron chi connectivity index (χ1n) is 1.40. The van der Waals surface area contributed by atoms with Crippen molar-refractivity contribution in [3.63, 3.8) is 0 Å². The summed E-state index contributed by atoms with van der Waals surface area (Å²) < 4.78 is 12.6. The van der Waals surface area contributed by atoms with Crippen LogP contribution >= 0.6 is 7.82 Å². The molecule has 8 nitrogen and oxygen atoms in total. The second-order valence-electron chi connectivity index (χ2n) is 0.848. The van der Waals surface area contributed by atoms with E-state index < -0.39 is 14.0 Å². The Morgan fingerprint density at radius 2 is 1.42 bits per heavy atom. The van der Waals surface area contributed by atoms with Crippen LogP contribution in [0.5, 0.6) is 0 Å². The third-order valence-electron chi connectivity index (χ3n) is 0.197. The number of carboxylic acid groups (broad SMARTS) is 1. The van der Waals surface area contributed by atoms with E-state index in [2.05, 4.69) is 4.52 Å². The van der Waals surface area contributed by atoms with Crippen molar-refractivity contribution >= 4 is 89.5 Å². The molecule has 0 bridgehead atoms. The topological polar surface area (TPSA) is 167 Å². The minimum atomic E-state index is -4.82. The van der Waals surface area contributed by atoms with Crippen molar-refractivity contribution in [3.8, 4) is 0 Å². The van der Waals surface area contributed by atoms with Crippen molar-refractivity contribution in [1.82, 2.24) is 0 Å². The van der Waals surface area contributed by atoms with E-state index in [9.17, 15) is 9.36 Å². The van der Waals surface area contributed by atoms with Crippen LogP contribution < -0.4 is 0 Å². The molecule has 0 aromatic rings. The molecule has 0 rings (SSSR count). The standard InChI is InChI=1S/CH3O6P.2Ca.2H2O.4H/c2-1(3)7-8(4,5)6;;;;;;;;/h(H,2,3)(H2,4,5,6);;;2*1H2;;;;. The zero-order valence-corrected chi connectivity index (χ0v) is 5.41. The van der Waals surface area contributed by atoms with Gasteiger partial charge >= 0.3 is 89.5 Å². The first-order valence-corrected chi connectivity index (χ1v) is 2.93. The van der Waals surface area contributed by atoms with Crippen molar-refractivity contribution in [2.24, 2.45) is 0 Å². The molecular formula is CH11Ca2O8P. The van der Waals surface area contributed by atoms with Crippen LogP contribution in [-0.4, -0.2) is 107 Å². The Morgan fingerprint density at radius 3 is 1.42 bits per heavy atom. The summed E-state index contributed by atoms with van der Waals surface area (Å²) in [5.41, 5.74) is 0. The van der Waals surface area contributed by atoms with Gasteiger partial charge in [-0.1, -0.05) is 0 Å². The Morgan fingerprint density at radius 1 is 1.17 bits per heavy atom. The van der Waals surface area contributed by atoms with Crippen molar-refractivity contribution in [2.75, 3.05) is 0 Å². The van der Waals surface area contributed by atoms with Crippen LogP contribution in [0.3, 0.4) is 0 Å². The third-order valence-corrected chi connectivity index (χ3v) is 0.591. The van der Waals surface area contributed by atoms with Crippen molar-refractivity contribution in [1.29, 1.82) is 0 Å². The number of carbonyl (C=O) groups is 1. The van der Waals surface area contributed by atoms with Gasteiger partial charge in [0.15, 0.2) is 0 Å². The number of rotatable bonds is 1. The number of phosphoric ester groups is 1. The second-order valence-corrected chi connectivity index (χ2v) is 2.01. The predicted octanol–water partition coefficient (Wildman–Crippen LogP) is -3.71. The molecule has 0 radical (unpaired) electrons. The first kappa shape index (κ1) is 29.2.